The van der Waals surface area contributed by atoms with Gasteiger partial charge >= 0.3 is 0 Å². The number of nitrogens with zero attached hydrogens (tertiary/aromatic N) is 5. The van der Waals surface area contributed by atoms with Crippen LogP contribution in [-0.4, -0.2) is 15.0 Å². The molecule has 0 radical (unpaired) electrons. The highest BCUT2D eigenvalue weighted by Gasteiger charge is 2.29. The highest BCUT2D eigenvalue weighted by atomic mass is 15.3. The van der Waals surface area contributed by atoms with Gasteiger partial charge in [0, 0.05) is 16.8 Å². The van der Waals surface area contributed by atoms with Crippen molar-refractivity contribution in [3.05, 3.63) is 220 Å². The molecule has 9 aromatic rings. The van der Waals surface area contributed by atoms with Crippen LogP contribution in [0, 0.1) is 62.3 Å². The van der Waals surface area contributed by atoms with Gasteiger partial charge in [0.2, 0.25) is 5.95 Å². The Kier molecular flexibility index (Phi) is 11.7. The van der Waals surface area contributed by atoms with Gasteiger partial charge in [-0.2, -0.15) is 9.97 Å². The Morgan fingerprint density at radius 2 is 0.646 bits per heavy atom. The summed E-state index contributed by atoms with van der Waals surface area (Å²) >= 11 is 0. The third kappa shape index (κ3) is 8.46. The molecule has 0 saturated heterocycles. The summed E-state index contributed by atoms with van der Waals surface area (Å²) in [6.45, 7) is 20.0. The largest absolute Gasteiger partial charge is 0.309 e. The molecule has 320 valence electrons. The van der Waals surface area contributed by atoms with E-state index in [1.807, 2.05) is 18.2 Å². The molecule has 1 heterocycles. The third-order valence-corrected chi connectivity index (χ3v) is 12.3. The first kappa shape index (κ1) is 42.7. The van der Waals surface area contributed by atoms with Crippen molar-refractivity contribution in [1.82, 2.24) is 15.0 Å². The minimum absolute atomic E-state index is 0.532. The topological polar surface area (TPSA) is 45.2 Å². The van der Waals surface area contributed by atoms with Crippen molar-refractivity contribution in [3.8, 4) is 45.0 Å². The molecule has 0 aliphatic carbocycles. The van der Waals surface area contributed by atoms with Crippen LogP contribution in [0.1, 0.15) is 50.1 Å². The van der Waals surface area contributed by atoms with Crippen LogP contribution in [0.5, 0.6) is 0 Å². The number of hydrogen-bond donors (Lipinski definition) is 0. The maximum absolute atomic E-state index is 5.51. The molecule has 65 heavy (non-hydrogen) atoms. The van der Waals surface area contributed by atoms with Gasteiger partial charge in [0.25, 0.3) is 0 Å². The molecular weight excluding hydrogens is 791 g/mol. The zero-order valence-corrected chi connectivity index (χ0v) is 38.9. The van der Waals surface area contributed by atoms with Gasteiger partial charge in [-0.3, -0.25) is 4.90 Å². The van der Waals surface area contributed by atoms with E-state index in [0.29, 0.717) is 17.6 Å². The van der Waals surface area contributed by atoms with Crippen LogP contribution in [-0.2, 0) is 0 Å². The summed E-state index contributed by atoms with van der Waals surface area (Å²) < 4.78 is 0. The standard InChI is InChI=1S/C60H55N5/c1-38-30-40(3)54(41(4)31-38)65(55-42(5)32-39(2)33-43(55)6)57-45(8)34-44(7)56(46(57)9)64(53-28-20-13-21-29-53)60-62-58(49-26-18-12-19-27-49)61-59(63-60)52-36-50(47-22-14-10-15-23-47)35-51(37-52)48-24-16-11-17-25-48/h10-37H,1-9H3. The van der Waals surface area contributed by atoms with Crippen molar-refractivity contribution in [2.75, 3.05) is 9.80 Å². The summed E-state index contributed by atoms with van der Waals surface area (Å²) in [5.41, 5.74) is 22.5. The van der Waals surface area contributed by atoms with E-state index < -0.39 is 0 Å². The molecule has 0 amide bonds. The number of hydrogen-bond acceptors (Lipinski definition) is 5. The van der Waals surface area contributed by atoms with Crippen LogP contribution in [0.2, 0.25) is 0 Å². The fourth-order valence-electron chi connectivity index (χ4n) is 9.82. The van der Waals surface area contributed by atoms with Gasteiger partial charge in [0.1, 0.15) is 0 Å². The van der Waals surface area contributed by atoms with Gasteiger partial charge in [-0.1, -0.05) is 151 Å². The molecule has 8 aromatic carbocycles. The monoisotopic (exact) mass is 845 g/mol. The number of aryl methyl sites for hydroxylation is 8. The number of anilines is 6. The van der Waals surface area contributed by atoms with Gasteiger partial charge in [-0.05, 0) is 154 Å². The average Bonchev–Trinajstić information content (AvgIpc) is 3.30. The van der Waals surface area contributed by atoms with Crippen LogP contribution >= 0.6 is 0 Å². The molecular formula is C60H55N5. The van der Waals surface area contributed by atoms with Crippen LogP contribution in [0.3, 0.4) is 0 Å². The minimum Gasteiger partial charge on any atom is -0.309 e. The van der Waals surface area contributed by atoms with Crippen molar-refractivity contribution < 1.29 is 0 Å². The van der Waals surface area contributed by atoms with Crippen molar-refractivity contribution in [1.29, 1.82) is 0 Å². The number of aromatic nitrogens is 3. The summed E-state index contributed by atoms with van der Waals surface area (Å²) in [6, 6.07) is 60.1. The van der Waals surface area contributed by atoms with Gasteiger partial charge in [0.05, 0.1) is 22.7 Å². The highest BCUT2D eigenvalue weighted by Crippen LogP contribution is 2.50. The van der Waals surface area contributed by atoms with Gasteiger partial charge in [0.15, 0.2) is 11.6 Å². The van der Waals surface area contributed by atoms with E-state index in [0.717, 1.165) is 61.6 Å². The van der Waals surface area contributed by atoms with Crippen LogP contribution in [0.15, 0.2) is 170 Å². The Balaban J connectivity index is 1.34. The summed E-state index contributed by atoms with van der Waals surface area (Å²) in [5.74, 6) is 1.72. The van der Waals surface area contributed by atoms with E-state index in [4.69, 9.17) is 15.0 Å². The quantitative estimate of drug-likeness (QED) is 0.137. The predicted octanol–water partition coefficient (Wildman–Crippen LogP) is 16.3. The molecule has 5 heteroatoms. The van der Waals surface area contributed by atoms with Crippen molar-refractivity contribution in [3.63, 3.8) is 0 Å². The van der Waals surface area contributed by atoms with Crippen LogP contribution in [0.4, 0.5) is 34.4 Å². The van der Waals surface area contributed by atoms with Crippen molar-refractivity contribution >= 4 is 34.4 Å². The Morgan fingerprint density at radius 3 is 1.09 bits per heavy atom. The zero-order valence-electron chi connectivity index (χ0n) is 38.9. The summed E-state index contributed by atoms with van der Waals surface area (Å²) in [4.78, 5) is 21.0. The second-order valence-electron chi connectivity index (χ2n) is 17.5. The lowest BCUT2D eigenvalue weighted by Gasteiger charge is -2.36. The number of benzene rings is 8. The van der Waals surface area contributed by atoms with E-state index in [1.165, 1.54) is 50.3 Å². The minimum atomic E-state index is 0.532. The normalized spacial score (nSPS) is 11.2. The maximum Gasteiger partial charge on any atom is 0.238 e. The Morgan fingerprint density at radius 1 is 0.292 bits per heavy atom. The molecule has 0 N–H and O–H groups in total. The molecule has 0 aliphatic rings. The predicted molar refractivity (Wildman–Crippen MR) is 274 cm³/mol. The summed E-state index contributed by atoms with van der Waals surface area (Å²) in [5, 5.41) is 0. The van der Waals surface area contributed by atoms with Gasteiger partial charge in [-0.15, -0.1) is 0 Å². The lowest BCUT2D eigenvalue weighted by Crippen LogP contribution is -2.21. The number of rotatable bonds is 10. The van der Waals surface area contributed by atoms with Crippen LogP contribution < -0.4 is 9.80 Å². The van der Waals surface area contributed by atoms with E-state index in [9.17, 15) is 0 Å². The molecule has 0 bridgehead atoms. The van der Waals surface area contributed by atoms with E-state index >= 15 is 0 Å². The van der Waals surface area contributed by atoms with Crippen molar-refractivity contribution in [2.45, 2.75) is 62.3 Å². The first-order valence-corrected chi connectivity index (χ1v) is 22.4. The highest BCUT2D eigenvalue weighted by molar-refractivity contribution is 5.92. The molecule has 1 aromatic heterocycles. The molecule has 0 spiro atoms. The Hall–Kier alpha value is -7.63. The second-order valence-corrected chi connectivity index (χ2v) is 17.5. The lowest BCUT2D eigenvalue weighted by atomic mass is 9.94. The fourth-order valence-corrected chi connectivity index (χ4v) is 9.82. The molecule has 0 fully saturated rings. The zero-order chi connectivity index (χ0) is 45.4. The van der Waals surface area contributed by atoms with Crippen molar-refractivity contribution in [2.24, 2.45) is 0 Å². The van der Waals surface area contributed by atoms with Gasteiger partial charge < -0.3 is 4.90 Å². The van der Waals surface area contributed by atoms with Gasteiger partial charge in [-0.25, -0.2) is 4.98 Å². The molecule has 0 atom stereocenters. The molecule has 5 nitrogen and oxygen atoms in total. The number of para-hydroxylation sites is 1. The third-order valence-electron chi connectivity index (χ3n) is 12.3. The Bertz CT molecular complexity index is 3020. The SMILES string of the molecule is Cc1cc(C)c(N(c2c(C)cc(C)cc2C)c2c(C)cc(C)c(N(c3ccccc3)c3nc(-c4ccccc4)nc(-c4cc(-c5ccccc5)cc(-c5ccccc5)c4)n3)c2C)c(C)c1. The molecule has 0 unspecified atom stereocenters. The Labute approximate surface area is 384 Å². The first-order valence-electron chi connectivity index (χ1n) is 22.4. The fraction of sp³-hybridized carbons (Fsp3) is 0.150. The first-order chi connectivity index (χ1) is 31.4. The summed E-state index contributed by atoms with van der Waals surface area (Å²) in [6.07, 6.45) is 0. The molecule has 9 rings (SSSR count). The van der Waals surface area contributed by atoms with E-state index in [-0.39, 0.29) is 0 Å². The molecule has 0 aliphatic heterocycles. The van der Waals surface area contributed by atoms with Crippen LogP contribution in [0.25, 0.3) is 45.0 Å². The van der Waals surface area contributed by atoms with E-state index in [2.05, 4.69) is 224 Å². The molecule has 0 saturated carbocycles. The maximum atomic E-state index is 5.51. The summed E-state index contributed by atoms with van der Waals surface area (Å²) in [7, 11) is 0. The average molecular weight is 846 g/mol. The van der Waals surface area contributed by atoms with E-state index in [1.54, 1.807) is 0 Å². The smallest absolute Gasteiger partial charge is 0.238 e. The second kappa shape index (κ2) is 17.9. The lowest BCUT2D eigenvalue weighted by molar-refractivity contribution is 1.01.